The van der Waals surface area contributed by atoms with Crippen molar-refractivity contribution >= 4 is 0 Å². The van der Waals surface area contributed by atoms with Crippen LogP contribution in [0.2, 0.25) is 0 Å². The molecule has 0 amide bonds. The van der Waals surface area contributed by atoms with Crippen molar-refractivity contribution in [2.24, 2.45) is 0 Å². The molecule has 1 aliphatic rings. The lowest BCUT2D eigenvalue weighted by molar-refractivity contribution is 0.424. The molecule has 0 radical (unpaired) electrons. The van der Waals surface area contributed by atoms with E-state index in [-0.39, 0.29) is 5.92 Å². The molecule has 0 fully saturated rings. The number of allylic oxidation sites excluding steroid dienone is 5. The molecule has 1 aliphatic carbocycles. The molecule has 0 saturated heterocycles. The maximum absolute atomic E-state index is 9.73. The van der Waals surface area contributed by atoms with Crippen LogP contribution in [0, 0.1) is 6.92 Å². The van der Waals surface area contributed by atoms with E-state index in [9.17, 15) is 10.2 Å². The van der Waals surface area contributed by atoms with Gasteiger partial charge in [-0.1, -0.05) is 31.2 Å². The Morgan fingerprint density at radius 1 is 1.11 bits per heavy atom. The van der Waals surface area contributed by atoms with Gasteiger partial charge in [0.05, 0.1) is 0 Å². The van der Waals surface area contributed by atoms with Gasteiger partial charge in [-0.25, -0.2) is 0 Å². The molecule has 1 atom stereocenters. The van der Waals surface area contributed by atoms with E-state index in [1.807, 2.05) is 32.1 Å². The molecule has 2 nitrogen and oxygen atoms in total. The number of phenols is 1. The predicted molar refractivity (Wildman–Crippen MR) is 78.4 cm³/mol. The van der Waals surface area contributed by atoms with E-state index in [0.29, 0.717) is 11.5 Å². The van der Waals surface area contributed by atoms with E-state index >= 15 is 0 Å². The number of aliphatic hydroxyl groups excluding tert-OH is 1. The summed E-state index contributed by atoms with van der Waals surface area (Å²) in [5.74, 6) is 0.936. The minimum atomic E-state index is 0.245. The number of aryl methyl sites for hydroxylation is 1. The molecule has 0 heterocycles. The molecule has 2 heteroatoms. The Balaban J connectivity index is 2.28. The zero-order chi connectivity index (χ0) is 14.0. The average molecular weight is 256 g/mol. The molecule has 2 N–H and O–H groups in total. The standard InChI is InChI=1S/C17H20O2/c1-11-4-5-14(6-8-16(11)18)13(3)15-7-9-17(19)12(2)10-15/h5-10,13,18-19H,4H2,1-3H3. The third kappa shape index (κ3) is 2.90. The number of benzene rings is 1. The van der Waals surface area contributed by atoms with Gasteiger partial charge in [0.25, 0.3) is 0 Å². The van der Waals surface area contributed by atoms with Crippen LogP contribution in [0.4, 0.5) is 0 Å². The highest BCUT2D eigenvalue weighted by Crippen LogP contribution is 2.30. The van der Waals surface area contributed by atoms with Crippen molar-refractivity contribution in [1.29, 1.82) is 0 Å². The summed E-state index contributed by atoms with van der Waals surface area (Å²) in [6, 6.07) is 5.70. The summed E-state index contributed by atoms with van der Waals surface area (Å²) in [7, 11) is 0. The first-order valence-corrected chi connectivity index (χ1v) is 6.55. The Kier molecular flexibility index (Phi) is 3.79. The lowest BCUT2D eigenvalue weighted by Gasteiger charge is -2.14. The molecule has 19 heavy (non-hydrogen) atoms. The lowest BCUT2D eigenvalue weighted by atomic mass is 9.91. The first kappa shape index (κ1) is 13.5. The van der Waals surface area contributed by atoms with Crippen LogP contribution in [0.1, 0.15) is 37.3 Å². The Bertz CT molecular complexity index is 577. The van der Waals surface area contributed by atoms with Gasteiger partial charge in [0.2, 0.25) is 0 Å². The molecule has 0 saturated carbocycles. The summed E-state index contributed by atoms with van der Waals surface area (Å²) in [4.78, 5) is 0. The van der Waals surface area contributed by atoms with Crippen LogP contribution in [0.25, 0.3) is 0 Å². The minimum Gasteiger partial charge on any atom is -0.508 e. The zero-order valence-corrected chi connectivity index (χ0v) is 11.6. The SMILES string of the molecule is CC1=C(O)C=CC(C(C)c2ccc(O)c(C)c2)=CC1. The van der Waals surface area contributed by atoms with E-state index in [0.717, 1.165) is 17.6 Å². The smallest absolute Gasteiger partial charge is 0.118 e. The molecular weight excluding hydrogens is 236 g/mol. The third-order valence-electron chi connectivity index (χ3n) is 3.74. The quantitative estimate of drug-likeness (QED) is 0.816. The molecule has 0 aromatic heterocycles. The Morgan fingerprint density at radius 3 is 2.53 bits per heavy atom. The van der Waals surface area contributed by atoms with Crippen LogP contribution < -0.4 is 0 Å². The van der Waals surface area contributed by atoms with Crippen molar-refractivity contribution in [2.45, 2.75) is 33.1 Å². The number of hydrogen-bond donors (Lipinski definition) is 2. The van der Waals surface area contributed by atoms with E-state index in [1.54, 1.807) is 12.1 Å². The van der Waals surface area contributed by atoms with E-state index in [4.69, 9.17) is 0 Å². The molecule has 2 rings (SSSR count). The van der Waals surface area contributed by atoms with Gasteiger partial charge in [-0.15, -0.1) is 0 Å². The number of aliphatic hydroxyl groups is 1. The van der Waals surface area contributed by atoms with Gasteiger partial charge in [0, 0.05) is 5.92 Å². The van der Waals surface area contributed by atoms with Gasteiger partial charge in [-0.05, 0) is 54.7 Å². The highest BCUT2D eigenvalue weighted by molar-refractivity contribution is 5.43. The topological polar surface area (TPSA) is 40.5 Å². The fraction of sp³-hybridized carbons (Fsp3) is 0.294. The van der Waals surface area contributed by atoms with Crippen molar-refractivity contribution < 1.29 is 10.2 Å². The van der Waals surface area contributed by atoms with Gasteiger partial charge in [0.15, 0.2) is 0 Å². The third-order valence-corrected chi connectivity index (χ3v) is 3.74. The minimum absolute atomic E-state index is 0.245. The maximum atomic E-state index is 9.73. The molecule has 0 aliphatic heterocycles. The largest absolute Gasteiger partial charge is 0.508 e. The number of hydrogen-bond acceptors (Lipinski definition) is 2. The number of rotatable bonds is 2. The molecule has 1 unspecified atom stereocenters. The summed E-state index contributed by atoms with van der Waals surface area (Å²) in [6.45, 7) is 5.98. The van der Waals surface area contributed by atoms with Crippen LogP contribution in [0.3, 0.4) is 0 Å². The van der Waals surface area contributed by atoms with Crippen LogP contribution in [-0.2, 0) is 0 Å². The van der Waals surface area contributed by atoms with E-state index in [2.05, 4.69) is 13.0 Å². The van der Waals surface area contributed by atoms with Crippen LogP contribution in [-0.4, -0.2) is 10.2 Å². The van der Waals surface area contributed by atoms with Crippen molar-refractivity contribution in [3.8, 4) is 5.75 Å². The maximum Gasteiger partial charge on any atom is 0.118 e. The lowest BCUT2D eigenvalue weighted by Crippen LogP contribution is -1.97. The molecule has 1 aromatic carbocycles. The second-order valence-electron chi connectivity index (χ2n) is 5.17. The Labute approximate surface area is 114 Å². The van der Waals surface area contributed by atoms with E-state index < -0.39 is 0 Å². The van der Waals surface area contributed by atoms with Crippen LogP contribution in [0.5, 0.6) is 5.75 Å². The highest BCUT2D eigenvalue weighted by Gasteiger charge is 2.12. The van der Waals surface area contributed by atoms with Crippen molar-refractivity contribution in [1.82, 2.24) is 0 Å². The molecule has 0 bridgehead atoms. The zero-order valence-electron chi connectivity index (χ0n) is 11.6. The fourth-order valence-corrected chi connectivity index (χ4v) is 2.22. The van der Waals surface area contributed by atoms with Gasteiger partial charge in [0.1, 0.15) is 11.5 Å². The Hall–Kier alpha value is -1.96. The first-order chi connectivity index (χ1) is 8.99. The van der Waals surface area contributed by atoms with E-state index in [1.165, 1.54) is 11.1 Å². The molecule has 1 aromatic rings. The first-order valence-electron chi connectivity index (χ1n) is 6.55. The summed E-state index contributed by atoms with van der Waals surface area (Å²) in [5, 5.41) is 19.3. The average Bonchev–Trinajstić information content (AvgIpc) is 2.55. The summed E-state index contributed by atoms with van der Waals surface area (Å²) in [6.07, 6.45) is 6.66. The Morgan fingerprint density at radius 2 is 1.84 bits per heavy atom. The van der Waals surface area contributed by atoms with Gasteiger partial charge in [-0.3, -0.25) is 0 Å². The summed E-state index contributed by atoms with van der Waals surface area (Å²) >= 11 is 0. The normalized spacial score (nSPS) is 17.1. The van der Waals surface area contributed by atoms with Gasteiger partial charge >= 0.3 is 0 Å². The van der Waals surface area contributed by atoms with Gasteiger partial charge < -0.3 is 10.2 Å². The van der Waals surface area contributed by atoms with Crippen molar-refractivity contribution in [2.75, 3.05) is 0 Å². The molecular formula is C17H20O2. The molecule has 0 spiro atoms. The predicted octanol–water partition coefficient (Wildman–Crippen LogP) is 4.52. The van der Waals surface area contributed by atoms with Crippen LogP contribution >= 0.6 is 0 Å². The van der Waals surface area contributed by atoms with Crippen LogP contribution in [0.15, 0.2) is 53.3 Å². The number of phenolic OH excluding ortho intramolecular Hbond substituents is 1. The van der Waals surface area contributed by atoms with Crippen molar-refractivity contribution in [3.63, 3.8) is 0 Å². The highest BCUT2D eigenvalue weighted by atomic mass is 16.3. The summed E-state index contributed by atoms with van der Waals surface area (Å²) in [5.41, 5.74) is 4.23. The number of aromatic hydroxyl groups is 1. The fourth-order valence-electron chi connectivity index (χ4n) is 2.22. The van der Waals surface area contributed by atoms with Gasteiger partial charge in [-0.2, -0.15) is 0 Å². The second kappa shape index (κ2) is 5.35. The monoisotopic (exact) mass is 256 g/mol. The summed E-state index contributed by atoms with van der Waals surface area (Å²) < 4.78 is 0. The molecule has 100 valence electrons. The second-order valence-corrected chi connectivity index (χ2v) is 5.17. The van der Waals surface area contributed by atoms with Crippen molar-refractivity contribution in [3.05, 3.63) is 64.5 Å².